The number of nitrogens with two attached hydrogens (primary N) is 1. The zero-order valence-electron chi connectivity index (χ0n) is 12.8. The molecule has 2 aromatic rings. The van der Waals surface area contributed by atoms with Gasteiger partial charge in [0.2, 0.25) is 11.6 Å². The molecule has 0 radical (unpaired) electrons. The molecule has 0 saturated carbocycles. The lowest BCUT2D eigenvalue weighted by Crippen LogP contribution is -2.42. The summed E-state index contributed by atoms with van der Waals surface area (Å²) in [6, 6.07) is 0. The fourth-order valence-electron chi connectivity index (χ4n) is 2.66. The van der Waals surface area contributed by atoms with Crippen molar-refractivity contribution in [3.05, 3.63) is 16.7 Å². The highest BCUT2D eigenvalue weighted by molar-refractivity contribution is 5.70. The number of ether oxygens (including phenoxy) is 2. The Morgan fingerprint density at radius 2 is 2.46 bits per heavy atom. The number of aromatic nitrogens is 4. The van der Waals surface area contributed by atoms with Crippen LogP contribution < -0.4 is 11.3 Å². The number of hydrogen-bond acceptors (Lipinski definition) is 7. The van der Waals surface area contributed by atoms with Crippen LogP contribution in [0.3, 0.4) is 0 Å². The van der Waals surface area contributed by atoms with Gasteiger partial charge in [-0.25, -0.2) is 9.37 Å². The third-order valence-corrected chi connectivity index (χ3v) is 3.86. The van der Waals surface area contributed by atoms with E-state index < -0.39 is 29.7 Å². The number of aliphatic hydroxyl groups excluding tert-OH is 1. The Morgan fingerprint density at radius 3 is 3.12 bits per heavy atom. The van der Waals surface area contributed by atoms with E-state index in [2.05, 4.69) is 15.0 Å². The van der Waals surface area contributed by atoms with Crippen molar-refractivity contribution in [1.29, 1.82) is 0 Å². The molecule has 128 valence electrons. The molecule has 1 aliphatic heterocycles. The molecule has 4 atom stereocenters. The van der Waals surface area contributed by atoms with Gasteiger partial charge in [-0.2, -0.15) is 4.98 Å². The molecule has 0 bridgehead atoms. The van der Waals surface area contributed by atoms with Crippen LogP contribution in [0.2, 0.25) is 0 Å². The first-order valence-electron chi connectivity index (χ1n) is 7.22. The van der Waals surface area contributed by atoms with Gasteiger partial charge in [0.25, 0.3) is 5.56 Å². The van der Waals surface area contributed by atoms with Gasteiger partial charge in [-0.15, -0.1) is 6.42 Å². The number of anilines is 1. The van der Waals surface area contributed by atoms with Crippen LogP contribution in [0.15, 0.2) is 11.1 Å². The van der Waals surface area contributed by atoms with Crippen molar-refractivity contribution in [2.75, 3.05) is 18.9 Å². The van der Waals surface area contributed by atoms with Crippen molar-refractivity contribution in [1.82, 2.24) is 19.5 Å². The second-order valence-electron chi connectivity index (χ2n) is 5.32. The van der Waals surface area contributed by atoms with Crippen LogP contribution in [-0.4, -0.2) is 55.7 Å². The summed E-state index contributed by atoms with van der Waals surface area (Å²) < 4.78 is 27.1. The SMILES string of the molecule is C#C[C@@]1(F)[C@H](O)[C@@H](COCC)O[C@H]1n1cnc2c(=O)[nH]c(N)nc21. The van der Waals surface area contributed by atoms with E-state index in [1.165, 1.54) is 6.33 Å². The Balaban J connectivity index is 2.08. The van der Waals surface area contributed by atoms with Crippen LogP contribution in [0.25, 0.3) is 11.2 Å². The van der Waals surface area contributed by atoms with Crippen molar-refractivity contribution >= 4 is 17.1 Å². The van der Waals surface area contributed by atoms with Gasteiger partial charge in [0, 0.05) is 6.61 Å². The van der Waals surface area contributed by atoms with Crippen molar-refractivity contribution in [2.45, 2.75) is 31.0 Å². The second-order valence-corrected chi connectivity index (χ2v) is 5.32. The van der Waals surface area contributed by atoms with E-state index in [-0.39, 0.29) is 23.7 Å². The molecule has 4 N–H and O–H groups in total. The Bertz CT molecular complexity index is 859. The number of fused-ring (bicyclic) bond motifs is 1. The minimum atomic E-state index is -2.55. The van der Waals surface area contributed by atoms with Gasteiger partial charge in [-0.05, 0) is 6.92 Å². The van der Waals surface area contributed by atoms with E-state index in [0.29, 0.717) is 6.61 Å². The Kier molecular flexibility index (Phi) is 4.00. The van der Waals surface area contributed by atoms with Crippen LogP contribution in [0, 0.1) is 12.3 Å². The number of aliphatic hydroxyl groups is 1. The molecule has 3 heterocycles. The van der Waals surface area contributed by atoms with Crippen LogP contribution in [-0.2, 0) is 9.47 Å². The predicted molar refractivity (Wildman–Crippen MR) is 81.6 cm³/mol. The number of terminal acetylenes is 1. The van der Waals surface area contributed by atoms with Crippen molar-refractivity contribution < 1.29 is 19.0 Å². The summed E-state index contributed by atoms with van der Waals surface area (Å²) in [7, 11) is 0. The first-order chi connectivity index (χ1) is 11.4. The molecule has 0 unspecified atom stereocenters. The summed E-state index contributed by atoms with van der Waals surface area (Å²) >= 11 is 0. The van der Waals surface area contributed by atoms with Gasteiger partial charge in [-0.3, -0.25) is 14.3 Å². The van der Waals surface area contributed by atoms with Gasteiger partial charge in [-0.1, -0.05) is 5.92 Å². The van der Waals surface area contributed by atoms with E-state index in [4.69, 9.17) is 21.6 Å². The van der Waals surface area contributed by atoms with Crippen LogP contribution in [0.1, 0.15) is 13.2 Å². The van der Waals surface area contributed by atoms with Crippen molar-refractivity contribution in [2.24, 2.45) is 0 Å². The summed E-state index contributed by atoms with van der Waals surface area (Å²) in [5, 5.41) is 10.2. The number of rotatable bonds is 4. The maximum absolute atomic E-state index is 15.2. The number of hydrogen-bond donors (Lipinski definition) is 3. The fourth-order valence-corrected chi connectivity index (χ4v) is 2.66. The highest BCUT2D eigenvalue weighted by Crippen LogP contribution is 2.42. The summed E-state index contributed by atoms with van der Waals surface area (Å²) in [6.45, 7) is 2.09. The molecular weight excluding hydrogens is 321 g/mol. The largest absolute Gasteiger partial charge is 0.386 e. The summed E-state index contributed by atoms with van der Waals surface area (Å²) in [6.07, 6.45) is 2.44. The molecule has 1 aliphatic rings. The summed E-state index contributed by atoms with van der Waals surface area (Å²) in [5.74, 6) is 1.77. The lowest BCUT2D eigenvalue weighted by molar-refractivity contribution is -0.0635. The molecule has 3 rings (SSSR count). The van der Waals surface area contributed by atoms with E-state index in [1.54, 1.807) is 6.92 Å². The van der Waals surface area contributed by atoms with Crippen molar-refractivity contribution in [3.63, 3.8) is 0 Å². The molecular formula is C14H16FN5O4. The highest BCUT2D eigenvalue weighted by Gasteiger charge is 2.57. The first-order valence-corrected chi connectivity index (χ1v) is 7.22. The number of H-pyrrole nitrogens is 1. The number of aromatic amines is 1. The molecule has 1 fully saturated rings. The molecule has 0 aromatic carbocycles. The maximum atomic E-state index is 15.2. The molecule has 24 heavy (non-hydrogen) atoms. The Labute approximate surface area is 135 Å². The average molecular weight is 337 g/mol. The second kappa shape index (κ2) is 5.86. The van der Waals surface area contributed by atoms with Crippen molar-refractivity contribution in [3.8, 4) is 12.3 Å². The lowest BCUT2D eigenvalue weighted by Gasteiger charge is -2.23. The third-order valence-electron chi connectivity index (χ3n) is 3.86. The predicted octanol–water partition coefficient (Wildman–Crippen LogP) is -0.662. The maximum Gasteiger partial charge on any atom is 0.280 e. The van der Waals surface area contributed by atoms with E-state index in [0.717, 1.165) is 4.57 Å². The van der Waals surface area contributed by atoms with E-state index >= 15 is 4.39 Å². The molecule has 0 spiro atoms. The van der Waals surface area contributed by atoms with Gasteiger partial charge >= 0.3 is 0 Å². The highest BCUT2D eigenvalue weighted by atomic mass is 19.1. The lowest BCUT2D eigenvalue weighted by atomic mass is 9.97. The number of nitrogen functional groups attached to an aromatic ring is 1. The number of halogens is 1. The smallest absolute Gasteiger partial charge is 0.280 e. The zero-order chi connectivity index (χ0) is 17.5. The number of nitrogens with one attached hydrogen (secondary N) is 1. The standard InChI is InChI=1S/C14H16FN5O4/c1-3-14(15)9(21)7(5-23-4-2)24-12(14)20-6-17-8-10(20)18-13(16)19-11(8)22/h1,6-7,9,12,21H,4-5H2,2H3,(H3,16,18,19,22)/t7-,9-,12-,14-/m1/s1. The number of alkyl halides is 1. The topological polar surface area (TPSA) is 128 Å². The summed E-state index contributed by atoms with van der Waals surface area (Å²) in [4.78, 5) is 22.0. The van der Waals surface area contributed by atoms with Crippen LogP contribution >= 0.6 is 0 Å². The summed E-state index contributed by atoms with van der Waals surface area (Å²) in [5.41, 5.74) is 2.35. The Hall–Kier alpha value is -2.48. The molecule has 9 nitrogen and oxygen atoms in total. The minimum Gasteiger partial charge on any atom is -0.386 e. The third kappa shape index (κ3) is 2.34. The monoisotopic (exact) mass is 337 g/mol. The molecule has 0 aliphatic carbocycles. The van der Waals surface area contributed by atoms with Gasteiger partial charge in [0.05, 0.1) is 12.9 Å². The quantitative estimate of drug-likeness (QED) is 0.632. The fraction of sp³-hybridized carbons (Fsp3) is 0.500. The first kappa shape index (κ1) is 16.4. The van der Waals surface area contributed by atoms with E-state index in [9.17, 15) is 9.90 Å². The normalized spacial score (nSPS) is 29.8. The van der Waals surface area contributed by atoms with Gasteiger partial charge < -0.3 is 20.3 Å². The Morgan fingerprint density at radius 1 is 1.71 bits per heavy atom. The molecule has 1 saturated heterocycles. The average Bonchev–Trinajstić information content (AvgIpc) is 3.07. The van der Waals surface area contributed by atoms with E-state index in [1.807, 2.05) is 5.92 Å². The number of imidazole rings is 1. The molecule has 0 amide bonds. The van der Waals surface area contributed by atoms with Crippen LogP contribution in [0.5, 0.6) is 0 Å². The molecule has 10 heteroatoms. The van der Waals surface area contributed by atoms with Gasteiger partial charge in [0.1, 0.15) is 12.2 Å². The number of nitrogens with zero attached hydrogens (tertiary/aromatic N) is 3. The zero-order valence-corrected chi connectivity index (χ0v) is 12.8. The molecule has 2 aromatic heterocycles. The van der Waals surface area contributed by atoms with Gasteiger partial charge in [0.15, 0.2) is 17.4 Å². The minimum absolute atomic E-state index is 0.00258. The van der Waals surface area contributed by atoms with Crippen LogP contribution in [0.4, 0.5) is 10.3 Å².